The fourth-order valence-corrected chi connectivity index (χ4v) is 2.20. The zero-order valence-electron chi connectivity index (χ0n) is 9.17. The molecule has 1 atom stereocenters. The molecule has 4 heteroatoms. The number of hydrogen-bond donors (Lipinski definition) is 1. The van der Waals surface area contributed by atoms with Crippen LogP contribution >= 0.6 is 23.2 Å². The van der Waals surface area contributed by atoms with Crippen molar-refractivity contribution >= 4 is 23.2 Å². The van der Waals surface area contributed by atoms with Crippen LogP contribution in [0.3, 0.4) is 0 Å². The van der Waals surface area contributed by atoms with Crippen LogP contribution < -0.4 is 5.32 Å². The molecule has 0 spiro atoms. The molecule has 2 rings (SSSR count). The van der Waals surface area contributed by atoms with Gasteiger partial charge >= 0.3 is 0 Å². The molecule has 1 saturated heterocycles. The van der Waals surface area contributed by atoms with Gasteiger partial charge in [-0.25, -0.2) is 0 Å². The number of ether oxygens (including phenoxy) is 1. The van der Waals surface area contributed by atoms with Crippen LogP contribution in [0.15, 0.2) is 18.2 Å². The fourth-order valence-electron chi connectivity index (χ4n) is 1.90. The van der Waals surface area contributed by atoms with Gasteiger partial charge in [0.05, 0.1) is 16.1 Å². The first-order valence-corrected chi connectivity index (χ1v) is 6.25. The minimum absolute atomic E-state index is 0.126. The molecular weight excluding hydrogens is 245 g/mol. The second-order valence-corrected chi connectivity index (χ2v) is 4.78. The summed E-state index contributed by atoms with van der Waals surface area (Å²) in [6.45, 7) is 4.73. The van der Waals surface area contributed by atoms with Crippen LogP contribution in [-0.2, 0) is 4.74 Å². The Morgan fingerprint density at radius 2 is 2.12 bits per heavy atom. The maximum Gasteiger partial charge on any atom is 0.0877 e. The van der Waals surface area contributed by atoms with E-state index in [1.54, 1.807) is 0 Å². The van der Waals surface area contributed by atoms with Crippen LogP contribution in [-0.4, -0.2) is 19.7 Å². The summed E-state index contributed by atoms with van der Waals surface area (Å²) in [5.74, 6) is 0.539. The average Bonchev–Trinajstić information content (AvgIpc) is 2.19. The molecule has 1 aliphatic heterocycles. The summed E-state index contributed by atoms with van der Waals surface area (Å²) < 4.78 is 5.79. The molecule has 0 unspecified atom stereocenters. The molecule has 1 N–H and O–H groups in total. The highest BCUT2D eigenvalue weighted by molar-refractivity contribution is 6.42. The van der Waals surface area contributed by atoms with E-state index in [0.29, 0.717) is 22.6 Å². The van der Waals surface area contributed by atoms with E-state index in [2.05, 4.69) is 5.32 Å². The van der Waals surface area contributed by atoms with E-state index < -0.39 is 0 Å². The van der Waals surface area contributed by atoms with Gasteiger partial charge in [0.25, 0.3) is 0 Å². The number of hydrogen-bond acceptors (Lipinski definition) is 2. The molecule has 1 fully saturated rings. The molecule has 0 aliphatic carbocycles. The summed E-state index contributed by atoms with van der Waals surface area (Å²) >= 11 is 11.9. The van der Waals surface area contributed by atoms with Crippen LogP contribution in [0.2, 0.25) is 10.0 Å². The molecule has 0 radical (unpaired) electrons. The molecule has 0 aromatic heterocycles. The Kier molecular flexibility index (Phi) is 4.09. The average molecular weight is 260 g/mol. The summed E-state index contributed by atoms with van der Waals surface area (Å²) in [4.78, 5) is 0. The van der Waals surface area contributed by atoms with E-state index in [9.17, 15) is 0 Å². The van der Waals surface area contributed by atoms with Gasteiger partial charge in [0, 0.05) is 25.6 Å². The van der Waals surface area contributed by atoms with Gasteiger partial charge in [-0.3, -0.25) is 0 Å². The van der Waals surface area contributed by atoms with Crippen LogP contribution in [0.1, 0.15) is 18.6 Å². The highest BCUT2D eigenvalue weighted by Crippen LogP contribution is 2.32. The van der Waals surface area contributed by atoms with Crippen molar-refractivity contribution in [2.24, 2.45) is 5.92 Å². The summed E-state index contributed by atoms with van der Waals surface area (Å²) in [7, 11) is 0. The quantitative estimate of drug-likeness (QED) is 0.896. The van der Waals surface area contributed by atoms with Crippen molar-refractivity contribution in [2.45, 2.75) is 13.0 Å². The lowest BCUT2D eigenvalue weighted by Gasteiger charge is -2.34. The molecule has 0 amide bonds. The van der Waals surface area contributed by atoms with E-state index >= 15 is 0 Å². The first-order valence-electron chi connectivity index (χ1n) is 5.49. The Hall–Kier alpha value is -0.280. The van der Waals surface area contributed by atoms with E-state index in [0.717, 1.165) is 18.7 Å². The number of benzene rings is 1. The van der Waals surface area contributed by atoms with Crippen molar-refractivity contribution in [1.29, 1.82) is 0 Å². The molecule has 1 aromatic carbocycles. The third-order valence-corrected chi connectivity index (χ3v) is 3.60. The van der Waals surface area contributed by atoms with E-state index in [1.165, 1.54) is 0 Å². The fraction of sp³-hybridized carbons (Fsp3) is 0.500. The van der Waals surface area contributed by atoms with Crippen LogP contribution in [0.5, 0.6) is 0 Å². The van der Waals surface area contributed by atoms with Gasteiger partial charge in [-0.15, -0.1) is 0 Å². The van der Waals surface area contributed by atoms with Crippen molar-refractivity contribution in [3.63, 3.8) is 0 Å². The van der Waals surface area contributed by atoms with E-state index in [1.807, 2.05) is 25.1 Å². The van der Waals surface area contributed by atoms with Crippen molar-refractivity contribution in [3.8, 4) is 0 Å². The van der Waals surface area contributed by atoms with Crippen LogP contribution in [0.4, 0.5) is 0 Å². The highest BCUT2D eigenvalue weighted by atomic mass is 35.5. The lowest BCUT2D eigenvalue weighted by Crippen LogP contribution is -2.46. The topological polar surface area (TPSA) is 21.3 Å². The number of nitrogens with one attached hydrogen (secondary N) is 1. The molecular formula is C12H15Cl2NO. The van der Waals surface area contributed by atoms with E-state index in [-0.39, 0.29) is 6.10 Å². The third-order valence-electron chi connectivity index (χ3n) is 2.86. The summed E-state index contributed by atoms with van der Waals surface area (Å²) in [6, 6.07) is 5.73. The zero-order valence-corrected chi connectivity index (χ0v) is 10.7. The van der Waals surface area contributed by atoms with Gasteiger partial charge in [0.15, 0.2) is 0 Å². The second kappa shape index (κ2) is 5.37. The van der Waals surface area contributed by atoms with Crippen molar-refractivity contribution in [3.05, 3.63) is 33.8 Å². The lowest BCUT2D eigenvalue weighted by molar-refractivity contribution is 0.000440. The molecule has 2 nitrogen and oxygen atoms in total. The number of rotatable bonds is 4. The van der Waals surface area contributed by atoms with Crippen LogP contribution in [0.25, 0.3) is 0 Å². The van der Waals surface area contributed by atoms with Crippen molar-refractivity contribution in [2.75, 3.05) is 19.7 Å². The van der Waals surface area contributed by atoms with Gasteiger partial charge in [0.1, 0.15) is 0 Å². The Bertz CT molecular complexity index is 366. The summed E-state index contributed by atoms with van der Waals surface area (Å²) in [5.41, 5.74) is 1.11. The van der Waals surface area contributed by atoms with E-state index in [4.69, 9.17) is 27.9 Å². The summed E-state index contributed by atoms with van der Waals surface area (Å²) in [5, 5.41) is 4.44. The largest absolute Gasteiger partial charge is 0.373 e. The predicted molar refractivity (Wildman–Crippen MR) is 67.2 cm³/mol. The van der Waals surface area contributed by atoms with Gasteiger partial charge in [-0.05, 0) is 24.6 Å². The Morgan fingerprint density at radius 3 is 2.62 bits per heavy atom. The second-order valence-electron chi connectivity index (χ2n) is 3.97. The van der Waals surface area contributed by atoms with Crippen molar-refractivity contribution < 1.29 is 4.74 Å². The number of halogens is 2. The molecule has 1 aliphatic rings. The molecule has 1 heterocycles. The smallest absolute Gasteiger partial charge is 0.0877 e. The van der Waals surface area contributed by atoms with Gasteiger partial charge in [-0.2, -0.15) is 0 Å². The molecule has 16 heavy (non-hydrogen) atoms. The molecule has 0 bridgehead atoms. The SMILES string of the molecule is CCO[C@@H](c1ccc(Cl)c(Cl)c1)C1CNC1. The third kappa shape index (κ3) is 2.51. The maximum absolute atomic E-state index is 6.02. The first kappa shape index (κ1) is 12.2. The Labute approximate surface area is 106 Å². The van der Waals surface area contributed by atoms with Gasteiger partial charge in [0.2, 0.25) is 0 Å². The Morgan fingerprint density at radius 1 is 1.38 bits per heavy atom. The summed E-state index contributed by atoms with van der Waals surface area (Å²) in [6.07, 6.45) is 0.126. The molecule has 1 aromatic rings. The van der Waals surface area contributed by atoms with Gasteiger partial charge < -0.3 is 10.1 Å². The Balaban J connectivity index is 2.20. The maximum atomic E-state index is 6.02. The lowest BCUT2D eigenvalue weighted by atomic mass is 9.91. The standard InChI is InChI=1S/C12H15Cl2NO/c1-2-16-12(9-6-15-7-9)8-3-4-10(13)11(14)5-8/h3-5,9,12,15H,2,6-7H2,1H3/t12-/m0/s1. The highest BCUT2D eigenvalue weighted by Gasteiger charge is 2.29. The van der Waals surface area contributed by atoms with Gasteiger partial charge in [-0.1, -0.05) is 29.3 Å². The molecule has 88 valence electrons. The first-order chi connectivity index (χ1) is 7.72. The van der Waals surface area contributed by atoms with Crippen molar-refractivity contribution in [1.82, 2.24) is 5.32 Å². The van der Waals surface area contributed by atoms with Crippen LogP contribution in [0, 0.1) is 5.92 Å². The monoisotopic (exact) mass is 259 g/mol. The minimum Gasteiger partial charge on any atom is -0.373 e. The zero-order chi connectivity index (χ0) is 11.5. The predicted octanol–water partition coefficient (Wildman–Crippen LogP) is 3.29. The normalized spacial score (nSPS) is 18.2. The molecule has 0 saturated carbocycles. The minimum atomic E-state index is 0.126.